The zero-order valence-electron chi connectivity index (χ0n) is 22.6. The minimum absolute atomic E-state index is 0.0578. The van der Waals surface area contributed by atoms with E-state index in [0.717, 1.165) is 24.7 Å². The van der Waals surface area contributed by atoms with Crippen molar-refractivity contribution in [1.82, 2.24) is 5.32 Å². The van der Waals surface area contributed by atoms with Gasteiger partial charge < -0.3 is 19.0 Å². The lowest BCUT2D eigenvalue weighted by Crippen LogP contribution is -2.26. The molecule has 0 radical (unpaired) electrons. The van der Waals surface area contributed by atoms with Gasteiger partial charge in [0.25, 0.3) is 0 Å². The van der Waals surface area contributed by atoms with Gasteiger partial charge in [0.1, 0.15) is 30.2 Å². The molecule has 3 aromatic carbocycles. The molecule has 1 aromatic heterocycles. The monoisotopic (exact) mass is 666 g/mol. The van der Waals surface area contributed by atoms with Gasteiger partial charge >= 0.3 is 0 Å². The summed E-state index contributed by atoms with van der Waals surface area (Å²) < 4.78 is 59.1. The number of hydrogen-bond acceptors (Lipinski definition) is 7. The zero-order chi connectivity index (χ0) is 29.5. The third-order valence-electron chi connectivity index (χ3n) is 6.88. The van der Waals surface area contributed by atoms with E-state index < -0.39 is 22.1 Å². The first-order valence-electron chi connectivity index (χ1n) is 12.8. The smallest absolute Gasteiger partial charge is 0.236 e. The van der Waals surface area contributed by atoms with Crippen LogP contribution in [0.3, 0.4) is 0 Å². The molecule has 5 rings (SSSR count). The van der Waals surface area contributed by atoms with Crippen LogP contribution in [0.25, 0.3) is 22.3 Å². The summed E-state index contributed by atoms with van der Waals surface area (Å²) in [5.41, 5.74) is 3.62. The maximum Gasteiger partial charge on any atom is 0.236 e. The fourth-order valence-electron chi connectivity index (χ4n) is 4.89. The van der Waals surface area contributed by atoms with E-state index in [1.807, 2.05) is 6.07 Å². The maximum atomic E-state index is 13.7. The number of methoxy groups -OCH3 is 1. The summed E-state index contributed by atoms with van der Waals surface area (Å²) in [6.07, 6.45) is 1.83. The Kier molecular flexibility index (Phi) is 8.77. The number of anilines is 2. The summed E-state index contributed by atoms with van der Waals surface area (Å²) in [5, 5.41) is 14.7. The number of halogens is 3. The molecule has 0 bridgehead atoms. The van der Waals surface area contributed by atoms with Gasteiger partial charge in [0, 0.05) is 34.2 Å². The Morgan fingerprint density at radius 3 is 2.54 bits per heavy atom. The van der Waals surface area contributed by atoms with Gasteiger partial charge in [-0.25, -0.2) is 17.1 Å². The highest BCUT2D eigenvalue weighted by atomic mass is 79.9. The number of benzene rings is 3. The SMILES string of the molecule is CNC(O)c1c(-c2ccc(F)cc2)oc2cc(N(c3cc(Cl)c(Br)c(COCOC)c3)S(C)(=O)=O)c(C3CC3)cc12. The molecule has 1 heterocycles. The van der Waals surface area contributed by atoms with Crippen LogP contribution in [0.5, 0.6) is 0 Å². The lowest BCUT2D eigenvalue weighted by Gasteiger charge is -2.26. The molecule has 1 saturated carbocycles. The highest BCUT2D eigenvalue weighted by Gasteiger charge is 2.34. The molecule has 218 valence electrons. The fourth-order valence-corrected chi connectivity index (χ4v) is 6.47. The van der Waals surface area contributed by atoms with Crippen LogP contribution in [-0.4, -0.2) is 40.7 Å². The summed E-state index contributed by atoms with van der Waals surface area (Å²) in [7, 11) is -0.746. The molecule has 1 fully saturated rings. The van der Waals surface area contributed by atoms with Gasteiger partial charge in [0.15, 0.2) is 0 Å². The number of nitrogens with one attached hydrogen (secondary N) is 1. The van der Waals surface area contributed by atoms with Crippen molar-refractivity contribution in [2.75, 3.05) is 31.5 Å². The van der Waals surface area contributed by atoms with Crippen molar-refractivity contribution in [3.63, 3.8) is 0 Å². The van der Waals surface area contributed by atoms with E-state index in [4.69, 9.17) is 25.5 Å². The van der Waals surface area contributed by atoms with Crippen LogP contribution in [-0.2, 0) is 26.1 Å². The van der Waals surface area contributed by atoms with Crippen LogP contribution in [0.15, 0.2) is 57.4 Å². The number of sulfonamides is 1. The second-order valence-corrected chi connectivity index (χ2v) is 12.9. The Morgan fingerprint density at radius 1 is 1.22 bits per heavy atom. The van der Waals surface area contributed by atoms with Crippen molar-refractivity contribution in [2.45, 2.75) is 31.6 Å². The van der Waals surface area contributed by atoms with Gasteiger partial charge in [-0.05, 0) is 95.3 Å². The Balaban J connectivity index is 1.74. The average Bonchev–Trinajstić information content (AvgIpc) is 3.70. The standard InChI is InChI=1S/C29H29BrClFN2O6S/c1-33-29(35)26-22-12-21(16-4-5-16)24(13-25(22)40-28(26)17-6-8-19(32)9-7-17)34(41(3,36)37)20-10-18(14-39-15-38-2)27(30)23(31)11-20/h6-13,16,29,33,35H,4-5,14-15H2,1-3H3. The van der Waals surface area contributed by atoms with Crippen LogP contribution in [0.4, 0.5) is 15.8 Å². The van der Waals surface area contributed by atoms with Crippen LogP contribution in [0, 0.1) is 5.82 Å². The molecule has 0 saturated heterocycles. The number of fused-ring (bicyclic) bond motifs is 1. The second-order valence-electron chi connectivity index (χ2n) is 9.91. The first kappa shape index (κ1) is 30.0. The average molecular weight is 668 g/mol. The Labute approximate surface area is 251 Å². The molecule has 0 amide bonds. The van der Waals surface area contributed by atoms with E-state index in [1.165, 1.54) is 23.5 Å². The number of rotatable bonds is 11. The topological polar surface area (TPSA) is 101 Å². The third kappa shape index (κ3) is 6.17. The molecule has 8 nitrogen and oxygen atoms in total. The maximum absolute atomic E-state index is 13.7. The number of ether oxygens (including phenoxy) is 2. The minimum atomic E-state index is -3.87. The van der Waals surface area contributed by atoms with E-state index in [0.29, 0.717) is 54.3 Å². The summed E-state index contributed by atoms with van der Waals surface area (Å²) >= 11 is 10.0. The van der Waals surface area contributed by atoms with E-state index in [1.54, 1.807) is 37.4 Å². The minimum Gasteiger partial charge on any atom is -0.456 e. The normalized spacial score (nSPS) is 14.5. The number of aliphatic hydroxyl groups is 1. The molecule has 2 N–H and O–H groups in total. The molecule has 12 heteroatoms. The highest BCUT2D eigenvalue weighted by molar-refractivity contribution is 9.10. The second kappa shape index (κ2) is 12.0. The molecule has 1 aliphatic carbocycles. The predicted octanol–water partition coefficient (Wildman–Crippen LogP) is 6.96. The van der Waals surface area contributed by atoms with Gasteiger partial charge in [-0.1, -0.05) is 11.6 Å². The zero-order valence-corrected chi connectivity index (χ0v) is 25.7. The third-order valence-corrected chi connectivity index (χ3v) is 9.41. The quantitative estimate of drug-likeness (QED) is 0.132. The Morgan fingerprint density at radius 2 is 1.93 bits per heavy atom. The van der Waals surface area contributed by atoms with Crippen LogP contribution in [0.2, 0.25) is 5.02 Å². The first-order chi connectivity index (χ1) is 19.5. The molecular weight excluding hydrogens is 639 g/mol. The molecule has 1 atom stereocenters. The van der Waals surface area contributed by atoms with Crippen LogP contribution >= 0.6 is 27.5 Å². The van der Waals surface area contributed by atoms with E-state index in [-0.39, 0.29) is 19.3 Å². The van der Waals surface area contributed by atoms with E-state index in [2.05, 4.69) is 21.2 Å². The number of hydrogen-bond donors (Lipinski definition) is 2. The molecule has 4 aromatic rings. The fraction of sp³-hybridized carbons (Fsp3) is 0.310. The van der Waals surface area contributed by atoms with Gasteiger partial charge in [0.05, 0.1) is 29.3 Å². The molecule has 1 aliphatic rings. The van der Waals surface area contributed by atoms with Crippen LogP contribution < -0.4 is 9.62 Å². The van der Waals surface area contributed by atoms with E-state index >= 15 is 0 Å². The van der Waals surface area contributed by atoms with Gasteiger partial charge in [-0.15, -0.1) is 0 Å². The summed E-state index contributed by atoms with van der Waals surface area (Å²) in [6, 6.07) is 12.6. The summed E-state index contributed by atoms with van der Waals surface area (Å²) in [4.78, 5) is 0. The predicted molar refractivity (Wildman–Crippen MR) is 160 cm³/mol. The van der Waals surface area contributed by atoms with E-state index in [9.17, 15) is 17.9 Å². The van der Waals surface area contributed by atoms with Crippen molar-refractivity contribution in [2.24, 2.45) is 0 Å². The number of furan rings is 1. The van der Waals surface area contributed by atoms with Gasteiger partial charge in [-0.3, -0.25) is 5.32 Å². The van der Waals surface area contributed by atoms with Crippen molar-refractivity contribution in [3.8, 4) is 11.3 Å². The largest absolute Gasteiger partial charge is 0.456 e. The molecular formula is C29H29BrClFN2O6S. The van der Waals surface area contributed by atoms with Crippen LogP contribution in [0.1, 0.15) is 41.7 Å². The van der Waals surface area contributed by atoms with Gasteiger partial charge in [0.2, 0.25) is 10.0 Å². The van der Waals surface area contributed by atoms with Crippen molar-refractivity contribution in [1.29, 1.82) is 0 Å². The lowest BCUT2D eigenvalue weighted by atomic mass is 9.99. The Hall–Kier alpha value is -2.51. The number of aliphatic hydroxyl groups excluding tert-OH is 1. The highest BCUT2D eigenvalue weighted by Crippen LogP contribution is 2.50. The van der Waals surface area contributed by atoms with Gasteiger partial charge in [-0.2, -0.15) is 0 Å². The molecule has 41 heavy (non-hydrogen) atoms. The van der Waals surface area contributed by atoms with Crippen molar-refractivity contribution >= 4 is 59.9 Å². The Bertz CT molecular complexity index is 1690. The summed E-state index contributed by atoms with van der Waals surface area (Å²) in [6.45, 7) is 0.195. The number of nitrogens with zero attached hydrogens (tertiary/aromatic N) is 1. The lowest BCUT2D eigenvalue weighted by molar-refractivity contribution is -0.0392. The van der Waals surface area contributed by atoms with Crippen molar-refractivity contribution < 1.29 is 31.8 Å². The molecule has 0 spiro atoms. The first-order valence-corrected chi connectivity index (χ1v) is 15.8. The van der Waals surface area contributed by atoms with Crippen molar-refractivity contribution in [3.05, 3.63) is 80.5 Å². The summed E-state index contributed by atoms with van der Waals surface area (Å²) in [5.74, 6) is 0.0802. The molecule has 0 aliphatic heterocycles. The molecule has 1 unspecified atom stereocenters.